The van der Waals surface area contributed by atoms with Gasteiger partial charge in [0.05, 0.1) is 28.4 Å². The average molecular weight is 542 g/mol. The number of fused-ring (bicyclic) bond motifs is 5. The van der Waals surface area contributed by atoms with Crippen molar-refractivity contribution in [1.82, 2.24) is 25.3 Å². The van der Waals surface area contributed by atoms with Crippen LogP contribution < -0.4 is 0 Å². The molecule has 8 nitrogen and oxygen atoms in total. The minimum absolute atomic E-state index is 0.102. The Bertz CT molecular complexity index is 1510. The maximum absolute atomic E-state index is 14.5. The molecule has 2 atom stereocenters. The number of likely N-dealkylation sites (N-methyl/N-ethyl adjacent to an activating group) is 1. The molecule has 1 aromatic carbocycles. The summed E-state index contributed by atoms with van der Waals surface area (Å²) >= 11 is 0. The van der Waals surface area contributed by atoms with Crippen molar-refractivity contribution in [3.05, 3.63) is 70.7 Å². The van der Waals surface area contributed by atoms with Crippen molar-refractivity contribution in [1.29, 1.82) is 0 Å². The van der Waals surface area contributed by atoms with Crippen molar-refractivity contribution in [3.63, 3.8) is 0 Å². The van der Waals surface area contributed by atoms with E-state index in [1.807, 2.05) is 6.92 Å². The number of benzene rings is 1. The van der Waals surface area contributed by atoms with Crippen LogP contribution in [0.2, 0.25) is 0 Å². The lowest BCUT2D eigenvalue weighted by molar-refractivity contribution is 0.0645. The number of hydrogen-bond donors (Lipinski definition) is 0. The first-order chi connectivity index (χ1) is 17.9. The number of nitrogens with zero attached hydrogens (tertiary/aromatic N) is 5. The Hall–Kier alpha value is -3.34. The molecule has 2 aliphatic rings. The molecule has 3 aromatic rings. The minimum Gasteiger partial charge on any atom is -0.337 e. The van der Waals surface area contributed by atoms with E-state index in [-0.39, 0.29) is 45.6 Å². The summed E-state index contributed by atoms with van der Waals surface area (Å²) in [4.78, 5) is 15.2. The molecule has 2 heterocycles. The Morgan fingerprint density at radius 1 is 1.08 bits per heavy atom. The van der Waals surface area contributed by atoms with Gasteiger partial charge < -0.3 is 4.90 Å². The molecular formula is C27H29F2N5O3S. The molecule has 0 aliphatic heterocycles. The van der Waals surface area contributed by atoms with Gasteiger partial charge in [0.25, 0.3) is 5.91 Å². The van der Waals surface area contributed by atoms with Crippen LogP contribution in [0, 0.1) is 17.0 Å². The molecule has 1 saturated carbocycles. The fourth-order valence-corrected chi connectivity index (χ4v) is 6.97. The van der Waals surface area contributed by atoms with Crippen molar-refractivity contribution in [2.45, 2.75) is 50.7 Å². The third kappa shape index (κ3) is 4.16. The quantitative estimate of drug-likeness (QED) is 0.444. The summed E-state index contributed by atoms with van der Waals surface area (Å²) in [6.45, 7) is 6.95. The van der Waals surface area contributed by atoms with Gasteiger partial charge in [-0.2, -0.15) is 15.3 Å². The van der Waals surface area contributed by atoms with E-state index in [1.165, 1.54) is 30.3 Å². The molecule has 5 rings (SSSR count). The lowest BCUT2D eigenvalue weighted by atomic mass is 9.68. The fraction of sp³-hybridized carbons (Fsp3) is 0.444. The number of aromatic nitrogens is 4. The lowest BCUT2D eigenvalue weighted by Crippen LogP contribution is -2.48. The van der Waals surface area contributed by atoms with Gasteiger partial charge in [-0.3, -0.25) is 4.79 Å². The average Bonchev–Trinajstić information content (AvgIpc) is 3.21. The number of carbonyl (C=O) groups is 1. The lowest BCUT2D eigenvalue weighted by Gasteiger charge is -2.41. The predicted octanol–water partition coefficient (Wildman–Crippen LogP) is 4.07. The SMILES string of the molecule is CCN(C[C@@]12CC[C@@H](c3cc(-c4c(F)cccc4F)nnc31)C2(C)C)C(=O)c1ccc(CS(C)(=O)=O)nn1. The molecule has 0 saturated heterocycles. The summed E-state index contributed by atoms with van der Waals surface area (Å²) in [7, 11) is -3.27. The van der Waals surface area contributed by atoms with Gasteiger partial charge in [-0.05, 0) is 67.0 Å². The predicted molar refractivity (Wildman–Crippen MR) is 137 cm³/mol. The highest BCUT2D eigenvalue weighted by Crippen LogP contribution is 2.67. The zero-order valence-electron chi connectivity index (χ0n) is 21.7. The number of hydrogen-bond acceptors (Lipinski definition) is 7. The third-order valence-electron chi connectivity index (χ3n) is 8.31. The molecule has 200 valence electrons. The zero-order chi connectivity index (χ0) is 27.5. The van der Waals surface area contributed by atoms with E-state index in [2.05, 4.69) is 34.2 Å². The second-order valence-corrected chi connectivity index (χ2v) is 13.0. The first kappa shape index (κ1) is 26.3. The van der Waals surface area contributed by atoms with Crippen molar-refractivity contribution < 1.29 is 22.0 Å². The van der Waals surface area contributed by atoms with Gasteiger partial charge in [-0.15, -0.1) is 5.10 Å². The maximum Gasteiger partial charge on any atom is 0.274 e. The van der Waals surface area contributed by atoms with Gasteiger partial charge >= 0.3 is 0 Å². The summed E-state index contributed by atoms with van der Waals surface area (Å²) in [5.41, 5.74) is 1.26. The molecule has 0 unspecified atom stereocenters. The first-order valence-electron chi connectivity index (χ1n) is 12.5. The molecule has 1 fully saturated rings. The summed E-state index contributed by atoms with van der Waals surface area (Å²) in [6.07, 6.45) is 2.76. The van der Waals surface area contributed by atoms with Crippen LogP contribution in [-0.4, -0.2) is 59.0 Å². The first-order valence-corrected chi connectivity index (χ1v) is 14.6. The van der Waals surface area contributed by atoms with Gasteiger partial charge in [0.15, 0.2) is 15.5 Å². The van der Waals surface area contributed by atoms with E-state index in [0.717, 1.165) is 30.4 Å². The van der Waals surface area contributed by atoms with Crippen LogP contribution in [-0.2, 0) is 21.0 Å². The Morgan fingerprint density at radius 2 is 1.79 bits per heavy atom. The monoisotopic (exact) mass is 541 g/mol. The van der Waals surface area contributed by atoms with E-state index < -0.39 is 26.9 Å². The maximum atomic E-state index is 14.5. The van der Waals surface area contributed by atoms with Gasteiger partial charge in [0, 0.05) is 24.8 Å². The van der Waals surface area contributed by atoms with E-state index >= 15 is 0 Å². The molecule has 1 amide bonds. The van der Waals surface area contributed by atoms with E-state index in [1.54, 1.807) is 11.0 Å². The fourth-order valence-electron chi connectivity index (χ4n) is 6.28. The normalized spacial score (nSPS) is 21.4. The molecule has 2 aromatic heterocycles. The van der Waals surface area contributed by atoms with Crippen molar-refractivity contribution in [2.24, 2.45) is 5.41 Å². The standard InChI is InChI=1S/C27H29F2N5O3S/c1-5-34(25(35)21-10-9-16(30-31-21)14-38(4,36)37)15-27-12-11-18(26(27,2)3)17-13-22(32-33-24(17)27)23-19(28)7-6-8-20(23)29/h6-10,13,18H,5,11-12,14-15H2,1-4H3/t18-,27-/m0/s1. The van der Waals surface area contributed by atoms with Crippen LogP contribution >= 0.6 is 0 Å². The Labute approximate surface area is 220 Å². The molecule has 2 aliphatic carbocycles. The second-order valence-electron chi connectivity index (χ2n) is 10.8. The second kappa shape index (κ2) is 9.14. The van der Waals surface area contributed by atoms with Crippen LogP contribution in [0.1, 0.15) is 67.0 Å². The van der Waals surface area contributed by atoms with E-state index in [0.29, 0.717) is 13.1 Å². The number of rotatable bonds is 7. The topological polar surface area (TPSA) is 106 Å². The Morgan fingerprint density at radius 3 is 2.39 bits per heavy atom. The van der Waals surface area contributed by atoms with Gasteiger partial charge in [-0.1, -0.05) is 19.9 Å². The number of amides is 1. The van der Waals surface area contributed by atoms with Crippen molar-refractivity contribution in [2.75, 3.05) is 19.3 Å². The number of carbonyl (C=O) groups excluding carboxylic acids is 1. The minimum atomic E-state index is -3.27. The highest BCUT2D eigenvalue weighted by atomic mass is 32.2. The van der Waals surface area contributed by atoms with Crippen LogP contribution in [0.15, 0.2) is 36.4 Å². The molecule has 0 N–H and O–H groups in total. The van der Waals surface area contributed by atoms with Crippen LogP contribution in [0.4, 0.5) is 8.78 Å². The van der Waals surface area contributed by atoms with Crippen LogP contribution in [0.25, 0.3) is 11.3 Å². The zero-order valence-corrected chi connectivity index (χ0v) is 22.5. The van der Waals surface area contributed by atoms with Crippen molar-refractivity contribution in [3.8, 4) is 11.3 Å². The van der Waals surface area contributed by atoms with E-state index in [9.17, 15) is 22.0 Å². The van der Waals surface area contributed by atoms with Crippen LogP contribution in [0.3, 0.4) is 0 Å². The molecule has 2 bridgehead atoms. The van der Waals surface area contributed by atoms with Gasteiger partial charge in [0.1, 0.15) is 11.6 Å². The molecule has 0 spiro atoms. The molecule has 11 heteroatoms. The van der Waals surface area contributed by atoms with E-state index in [4.69, 9.17) is 0 Å². The molecular weight excluding hydrogens is 512 g/mol. The number of halogens is 2. The summed E-state index contributed by atoms with van der Waals surface area (Å²) in [5, 5.41) is 16.7. The Balaban J connectivity index is 1.48. The summed E-state index contributed by atoms with van der Waals surface area (Å²) in [6, 6.07) is 8.47. The van der Waals surface area contributed by atoms with Crippen molar-refractivity contribution >= 4 is 15.7 Å². The van der Waals surface area contributed by atoms with Gasteiger partial charge in [0.2, 0.25) is 0 Å². The summed E-state index contributed by atoms with van der Waals surface area (Å²) < 4.78 is 52.1. The molecule has 38 heavy (non-hydrogen) atoms. The number of sulfone groups is 1. The van der Waals surface area contributed by atoms with Crippen LogP contribution in [0.5, 0.6) is 0 Å². The Kier molecular flexibility index (Phi) is 6.32. The highest BCUT2D eigenvalue weighted by Gasteiger charge is 2.64. The highest BCUT2D eigenvalue weighted by molar-refractivity contribution is 7.89. The van der Waals surface area contributed by atoms with Gasteiger partial charge in [-0.25, -0.2) is 17.2 Å². The third-order valence-corrected chi connectivity index (χ3v) is 9.13. The molecule has 0 radical (unpaired) electrons. The largest absolute Gasteiger partial charge is 0.337 e. The summed E-state index contributed by atoms with van der Waals surface area (Å²) in [5.74, 6) is -1.85. The smallest absolute Gasteiger partial charge is 0.274 e.